The second kappa shape index (κ2) is 8.39. The van der Waals surface area contributed by atoms with Crippen LogP contribution in [0, 0.1) is 6.92 Å². The second-order valence-electron chi connectivity index (χ2n) is 6.85. The number of fused-ring (bicyclic) bond motifs is 1. The van der Waals surface area contributed by atoms with Gasteiger partial charge in [0, 0.05) is 23.5 Å². The van der Waals surface area contributed by atoms with Gasteiger partial charge in [-0.3, -0.25) is 0 Å². The molecule has 2 aromatic carbocycles. The zero-order valence-corrected chi connectivity index (χ0v) is 17.2. The predicted molar refractivity (Wildman–Crippen MR) is 113 cm³/mol. The van der Waals surface area contributed by atoms with Crippen LogP contribution in [0.3, 0.4) is 0 Å². The van der Waals surface area contributed by atoms with Crippen molar-refractivity contribution in [1.82, 2.24) is 9.97 Å². The van der Waals surface area contributed by atoms with Gasteiger partial charge in [0.1, 0.15) is 5.75 Å². The number of H-pyrrole nitrogens is 2. The third kappa shape index (κ3) is 4.75. The van der Waals surface area contributed by atoms with E-state index < -0.39 is 17.8 Å². The van der Waals surface area contributed by atoms with Gasteiger partial charge >= 0.3 is 18.1 Å². The van der Waals surface area contributed by atoms with Gasteiger partial charge < -0.3 is 20.4 Å². The van der Waals surface area contributed by atoms with Crippen LogP contribution in [0.2, 0.25) is 5.02 Å². The first-order valence-electron chi connectivity index (χ1n) is 9.28. The molecule has 2 aromatic heterocycles. The maximum atomic E-state index is 12.8. The fourth-order valence-electron chi connectivity index (χ4n) is 3.00. The highest BCUT2D eigenvalue weighted by Crippen LogP contribution is 2.32. The van der Waals surface area contributed by atoms with Gasteiger partial charge in [-0.05, 0) is 42.2 Å². The zero-order valence-electron chi connectivity index (χ0n) is 16.5. The van der Waals surface area contributed by atoms with Crippen molar-refractivity contribution in [3.63, 3.8) is 0 Å². The largest absolute Gasteiger partial charge is 0.421 e. The summed E-state index contributed by atoms with van der Waals surface area (Å²) in [6.45, 7) is 1.90. The van der Waals surface area contributed by atoms with E-state index in [9.17, 15) is 18.0 Å². The van der Waals surface area contributed by atoms with Crippen molar-refractivity contribution in [2.24, 2.45) is 0 Å². The maximum Gasteiger partial charge on any atom is 0.416 e. The number of ether oxygens (including phenoxy) is 1. The number of hydrogen-bond acceptors (Lipinski definition) is 3. The summed E-state index contributed by atoms with van der Waals surface area (Å²) in [6.07, 6.45) is -3.01. The maximum absolute atomic E-state index is 12.8. The molecule has 0 atom stereocenters. The van der Waals surface area contributed by atoms with Crippen LogP contribution in [0.5, 0.6) is 11.6 Å². The number of carbonyl (C=O) groups excluding carboxylic acids is 1. The number of urea groups is 1. The Balaban J connectivity index is 1.46. The van der Waals surface area contributed by atoms with Crippen LogP contribution in [0.15, 0.2) is 54.9 Å². The third-order valence-corrected chi connectivity index (χ3v) is 4.73. The third-order valence-electron chi connectivity index (χ3n) is 4.41. The number of rotatable bonds is 4. The number of hydrogen-bond donors (Lipinski definition) is 3. The Morgan fingerprint density at radius 2 is 1.97 bits per heavy atom. The Kier molecular flexibility index (Phi) is 5.62. The molecule has 0 aliphatic rings. The molecule has 0 saturated carbocycles. The van der Waals surface area contributed by atoms with Crippen molar-refractivity contribution in [3.8, 4) is 11.6 Å². The van der Waals surface area contributed by atoms with E-state index in [1.807, 2.05) is 13.0 Å². The number of halogens is 4. The summed E-state index contributed by atoms with van der Waals surface area (Å²) in [5.74, 6) is 0.831. The highest BCUT2D eigenvalue weighted by Gasteiger charge is 2.30. The number of aromatic amines is 2. The van der Waals surface area contributed by atoms with E-state index in [0.29, 0.717) is 17.1 Å². The Morgan fingerprint density at radius 3 is 2.72 bits per heavy atom. The molecule has 164 valence electrons. The highest BCUT2D eigenvalue weighted by atomic mass is 35.5. The monoisotopic (exact) mass is 462 g/mol. The Bertz CT molecular complexity index is 1310. The smallest absolute Gasteiger partial charge is 0.416 e. The molecule has 0 unspecified atom stereocenters. The quantitative estimate of drug-likeness (QED) is 0.358. The lowest BCUT2D eigenvalue weighted by atomic mass is 10.2. The number of carbonyl (C=O) groups is 1. The van der Waals surface area contributed by atoms with E-state index in [-0.39, 0.29) is 16.4 Å². The number of nitrogens with one attached hydrogen (secondary N) is 4. The van der Waals surface area contributed by atoms with Crippen molar-refractivity contribution in [2.45, 2.75) is 13.1 Å². The van der Waals surface area contributed by atoms with E-state index in [1.165, 1.54) is 30.6 Å². The molecular formula is C21H16ClF3N5O2+. The van der Waals surface area contributed by atoms with Gasteiger partial charge in [0.25, 0.3) is 6.33 Å². The van der Waals surface area contributed by atoms with Crippen LogP contribution in [0.25, 0.3) is 11.0 Å². The van der Waals surface area contributed by atoms with Gasteiger partial charge in [-0.25, -0.2) is 9.78 Å². The van der Waals surface area contributed by atoms with Crippen LogP contribution in [-0.4, -0.2) is 16.0 Å². The van der Waals surface area contributed by atoms with Crippen molar-refractivity contribution in [3.05, 3.63) is 71.1 Å². The minimum absolute atomic E-state index is 0.00752. The normalized spacial score (nSPS) is 11.4. The molecule has 0 bridgehead atoms. The molecule has 32 heavy (non-hydrogen) atoms. The van der Waals surface area contributed by atoms with E-state index in [4.69, 9.17) is 16.3 Å². The van der Waals surface area contributed by atoms with Crippen LogP contribution in [-0.2, 0) is 6.18 Å². The number of aryl methyl sites for hydroxylation is 1. The average Bonchev–Trinajstić information content (AvgIpc) is 3.11. The first kappa shape index (κ1) is 21.4. The van der Waals surface area contributed by atoms with Gasteiger partial charge in [0.2, 0.25) is 5.52 Å². The lowest BCUT2D eigenvalue weighted by Crippen LogP contribution is -2.20. The zero-order chi connectivity index (χ0) is 22.9. The Hall–Kier alpha value is -3.79. The topological polar surface area (TPSA) is 93.2 Å². The summed E-state index contributed by atoms with van der Waals surface area (Å²) >= 11 is 6.25. The first-order valence-corrected chi connectivity index (χ1v) is 9.65. The van der Waals surface area contributed by atoms with Crippen molar-refractivity contribution in [2.75, 3.05) is 10.6 Å². The SMILES string of the molecule is Cc1cc2nc[nH+]c(Oc3ccc(NC(=O)Nc4cccc(C(F)(F)F)c4)c(Cl)c3)c2[nH]1. The summed E-state index contributed by atoms with van der Waals surface area (Å²) in [6, 6.07) is 10.0. The highest BCUT2D eigenvalue weighted by molar-refractivity contribution is 6.34. The molecule has 2 amide bonds. The molecule has 7 nitrogen and oxygen atoms in total. The number of benzene rings is 2. The Labute approximate surface area is 184 Å². The van der Waals surface area contributed by atoms with Crippen LogP contribution < -0.4 is 20.4 Å². The van der Waals surface area contributed by atoms with Crippen molar-refractivity contribution < 1.29 is 27.7 Å². The lowest BCUT2D eigenvalue weighted by molar-refractivity contribution is -0.393. The van der Waals surface area contributed by atoms with Crippen LogP contribution in [0.1, 0.15) is 11.3 Å². The van der Waals surface area contributed by atoms with Crippen molar-refractivity contribution in [1.29, 1.82) is 0 Å². The molecule has 4 N–H and O–H groups in total. The van der Waals surface area contributed by atoms with Gasteiger partial charge in [0.05, 0.1) is 16.3 Å². The average molecular weight is 463 g/mol. The van der Waals surface area contributed by atoms with Gasteiger partial charge in [-0.2, -0.15) is 13.2 Å². The molecule has 4 aromatic rings. The fourth-order valence-corrected chi connectivity index (χ4v) is 3.22. The van der Waals surface area contributed by atoms with E-state index >= 15 is 0 Å². The summed E-state index contributed by atoms with van der Waals surface area (Å²) in [4.78, 5) is 22.5. The molecule has 0 saturated heterocycles. The lowest BCUT2D eigenvalue weighted by Gasteiger charge is -2.12. The van der Waals surface area contributed by atoms with Gasteiger partial charge in [0.15, 0.2) is 5.52 Å². The van der Waals surface area contributed by atoms with Crippen LogP contribution >= 0.6 is 11.6 Å². The number of aromatic nitrogens is 3. The van der Waals surface area contributed by atoms with Crippen LogP contribution in [0.4, 0.5) is 29.3 Å². The number of alkyl halides is 3. The standard InChI is InChI=1S/C21H15ClF3N5O2/c1-11-7-17-18(28-11)19(27-10-26-17)32-14-5-6-16(15(22)9-14)30-20(31)29-13-4-2-3-12(8-13)21(23,24)25/h2-10,28H,1H3,(H2,29,30,31)/p+1. The fraction of sp³-hybridized carbons (Fsp3) is 0.0952. The molecule has 0 radical (unpaired) electrons. The minimum Gasteiger partial charge on any atom is -0.421 e. The minimum atomic E-state index is -4.51. The van der Waals surface area contributed by atoms with E-state index in [1.54, 1.807) is 6.07 Å². The molecule has 11 heteroatoms. The summed E-state index contributed by atoms with van der Waals surface area (Å²) in [7, 11) is 0. The molecule has 0 aliphatic carbocycles. The molecule has 2 heterocycles. The number of amides is 2. The Morgan fingerprint density at radius 1 is 1.16 bits per heavy atom. The van der Waals surface area contributed by atoms with Gasteiger partial charge in [-0.15, -0.1) is 0 Å². The van der Waals surface area contributed by atoms with E-state index in [2.05, 4.69) is 25.6 Å². The molecule has 0 aliphatic heterocycles. The molecule has 4 rings (SSSR count). The van der Waals surface area contributed by atoms with Gasteiger partial charge in [-0.1, -0.05) is 17.7 Å². The second-order valence-corrected chi connectivity index (χ2v) is 7.25. The number of anilines is 2. The molecule has 0 spiro atoms. The first-order chi connectivity index (χ1) is 15.2. The molecule has 0 fully saturated rings. The summed E-state index contributed by atoms with van der Waals surface area (Å²) < 4.78 is 44.3. The predicted octanol–water partition coefficient (Wildman–Crippen LogP) is 5.79. The number of nitrogens with zero attached hydrogens (tertiary/aromatic N) is 1. The van der Waals surface area contributed by atoms with Crippen molar-refractivity contribution >= 4 is 40.0 Å². The van der Waals surface area contributed by atoms with E-state index in [0.717, 1.165) is 23.3 Å². The summed E-state index contributed by atoms with van der Waals surface area (Å²) in [5.41, 5.74) is 1.71. The summed E-state index contributed by atoms with van der Waals surface area (Å²) in [5, 5.41) is 5.02. The molecular weight excluding hydrogens is 447 g/mol.